The van der Waals surface area contributed by atoms with Crippen LogP contribution in [0.1, 0.15) is 35.2 Å². The zero-order valence-corrected chi connectivity index (χ0v) is 14.3. The molecule has 2 aliphatic rings. The first kappa shape index (κ1) is 15.6. The Morgan fingerprint density at radius 2 is 2.12 bits per heavy atom. The van der Waals surface area contributed by atoms with Crippen LogP contribution in [0.3, 0.4) is 0 Å². The number of piperidine rings is 1. The monoisotopic (exact) mass is 343 g/mol. The summed E-state index contributed by atoms with van der Waals surface area (Å²) in [5, 5.41) is 7.56. The number of thiophene rings is 1. The molecule has 1 aliphatic heterocycles. The minimum atomic E-state index is -0.183. The van der Waals surface area contributed by atoms with Gasteiger partial charge in [-0.05, 0) is 66.2 Å². The van der Waals surface area contributed by atoms with Crippen molar-refractivity contribution in [3.05, 3.63) is 56.6 Å². The Balaban J connectivity index is 1.59. The van der Waals surface area contributed by atoms with Crippen molar-refractivity contribution in [2.24, 2.45) is 5.41 Å². The van der Waals surface area contributed by atoms with Gasteiger partial charge in [-0.1, -0.05) is 0 Å². The van der Waals surface area contributed by atoms with Crippen LogP contribution in [-0.2, 0) is 6.54 Å². The number of H-pyrrole nitrogens is 1. The molecule has 0 unspecified atom stereocenters. The lowest BCUT2D eigenvalue weighted by atomic mass is 9.93. The van der Waals surface area contributed by atoms with Gasteiger partial charge < -0.3 is 15.2 Å². The van der Waals surface area contributed by atoms with E-state index in [1.54, 1.807) is 17.4 Å². The molecule has 126 valence electrons. The Bertz CT molecular complexity index is 757. The van der Waals surface area contributed by atoms with E-state index in [1.807, 2.05) is 10.3 Å². The fraction of sp³-hybridized carbons (Fsp3) is 0.444. The maximum Gasteiger partial charge on any atom is 0.255 e. The maximum absolute atomic E-state index is 13.1. The number of nitrogens with one attached hydrogen (secondary N) is 2. The van der Waals surface area contributed by atoms with Crippen LogP contribution >= 0.6 is 11.3 Å². The van der Waals surface area contributed by atoms with Gasteiger partial charge in [0.25, 0.3) is 5.91 Å². The Labute approximate surface area is 144 Å². The number of hydrogen-bond acceptors (Lipinski definition) is 4. The number of pyridine rings is 1. The van der Waals surface area contributed by atoms with Crippen molar-refractivity contribution in [3.8, 4) is 0 Å². The topological polar surface area (TPSA) is 65.2 Å². The van der Waals surface area contributed by atoms with Gasteiger partial charge in [0, 0.05) is 24.8 Å². The van der Waals surface area contributed by atoms with Gasteiger partial charge in [0.15, 0.2) is 0 Å². The average Bonchev–Trinajstić information content (AvgIpc) is 3.04. The van der Waals surface area contributed by atoms with Crippen molar-refractivity contribution in [1.29, 1.82) is 0 Å². The summed E-state index contributed by atoms with van der Waals surface area (Å²) in [4.78, 5) is 29.0. The highest BCUT2D eigenvalue weighted by Crippen LogP contribution is 2.56. The molecule has 2 fully saturated rings. The van der Waals surface area contributed by atoms with E-state index >= 15 is 0 Å². The van der Waals surface area contributed by atoms with Gasteiger partial charge in [-0.3, -0.25) is 9.59 Å². The van der Waals surface area contributed by atoms with E-state index in [0.717, 1.165) is 32.4 Å². The molecule has 1 amide bonds. The van der Waals surface area contributed by atoms with Gasteiger partial charge in [0.05, 0.1) is 5.56 Å². The minimum Gasteiger partial charge on any atom is -0.331 e. The molecule has 1 spiro atoms. The Morgan fingerprint density at radius 1 is 1.29 bits per heavy atom. The van der Waals surface area contributed by atoms with Crippen LogP contribution in [0.4, 0.5) is 0 Å². The van der Waals surface area contributed by atoms with Gasteiger partial charge in [-0.25, -0.2) is 0 Å². The van der Waals surface area contributed by atoms with E-state index in [9.17, 15) is 9.59 Å². The maximum atomic E-state index is 13.1. The van der Waals surface area contributed by atoms with Crippen molar-refractivity contribution in [3.63, 3.8) is 0 Å². The molecule has 2 N–H and O–H groups in total. The molecular formula is C18H21N3O2S. The number of rotatable bonds is 4. The summed E-state index contributed by atoms with van der Waals surface area (Å²) < 4.78 is 0. The van der Waals surface area contributed by atoms with E-state index in [2.05, 4.69) is 21.7 Å². The molecule has 5 nitrogen and oxygen atoms in total. The summed E-state index contributed by atoms with van der Waals surface area (Å²) in [6.07, 6.45) is 4.89. The van der Waals surface area contributed by atoms with Crippen LogP contribution in [0, 0.1) is 5.41 Å². The van der Waals surface area contributed by atoms with Crippen LogP contribution in [0.5, 0.6) is 0 Å². The van der Waals surface area contributed by atoms with Crippen molar-refractivity contribution in [2.45, 2.75) is 31.8 Å². The molecule has 1 aliphatic carbocycles. The second-order valence-electron chi connectivity index (χ2n) is 6.84. The minimum absolute atomic E-state index is 0.0119. The highest BCUT2D eigenvalue weighted by molar-refractivity contribution is 7.07. The molecule has 0 radical (unpaired) electrons. The number of aromatic nitrogens is 1. The second kappa shape index (κ2) is 6.18. The second-order valence-corrected chi connectivity index (χ2v) is 7.62. The zero-order chi connectivity index (χ0) is 16.6. The SMILES string of the molecule is O=C(c1ccc(=O)[nH]c1)N(Cc1ccsc1)[C@H]1CC12CCNCC2. The molecule has 3 heterocycles. The van der Waals surface area contributed by atoms with Crippen LogP contribution in [0.25, 0.3) is 0 Å². The molecule has 2 aromatic rings. The first-order chi connectivity index (χ1) is 11.7. The molecule has 1 saturated heterocycles. The van der Waals surface area contributed by atoms with Crippen LogP contribution in [-0.4, -0.2) is 34.9 Å². The van der Waals surface area contributed by atoms with Crippen LogP contribution in [0.2, 0.25) is 0 Å². The summed E-state index contributed by atoms with van der Waals surface area (Å²) in [6, 6.07) is 5.43. The molecule has 4 rings (SSSR count). The number of hydrogen-bond donors (Lipinski definition) is 2. The fourth-order valence-electron chi connectivity index (χ4n) is 3.84. The lowest BCUT2D eigenvalue weighted by Gasteiger charge is -2.29. The quantitative estimate of drug-likeness (QED) is 0.895. The zero-order valence-electron chi connectivity index (χ0n) is 13.5. The average molecular weight is 343 g/mol. The largest absolute Gasteiger partial charge is 0.331 e. The molecular weight excluding hydrogens is 322 g/mol. The number of carbonyl (C=O) groups excluding carboxylic acids is 1. The molecule has 6 heteroatoms. The third kappa shape index (κ3) is 2.91. The molecule has 0 aromatic carbocycles. The summed E-state index contributed by atoms with van der Waals surface area (Å²) in [6.45, 7) is 2.71. The third-order valence-corrected chi connectivity index (χ3v) is 6.08. The van der Waals surface area contributed by atoms with Crippen LogP contribution < -0.4 is 10.9 Å². The van der Waals surface area contributed by atoms with Gasteiger partial charge in [0.2, 0.25) is 5.56 Å². The molecule has 0 bridgehead atoms. The van der Waals surface area contributed by atoms with Crippen molar-refractivity contribution in [2.75, 3.05) is 13.1 Å². The van der Waals surface area contributed by atoms with E-state index in [0.29, 0.717) is 23.6 Å². The smallest absolute Gasteiger partial charge is 0.255 e. The normalized spacial score (nSPS) is 21.6. The number of carbonyl (C=O) groups is 1. The lowest BCUT2D eigenvalue weighted by molar-refractivity contribution is 0.0692. The third-order valence-electron chi connectivity index (χ3n) is 5.35. The lowest BCUT2D eigenvalue weighted by Crippen LogP contribution is -2.39. The Hall–Kier alpha value is -1.92. The first-order valence-electron chi connectivity index (χ1n) is 8.39. The highest BCUT2D eigenvalue weighted by Gasteiger charge is 2.57. The molecule has 2 aromatic heterocycles. The number of nitrogens with zero attached hydrogens (tertiary/aromatic N) is 1. The summed E-state index contributed by atoms with van der Waals surface area (Å²) in [7, 11) is 0. The van der Waals surface area contributed by atoms with Gasteiger partial charge in [0.1, 0.15) is 0 Å². The number of amides is 1. The van der Waals surface area contributed by atoms with E-state index in [-0.39, 0.29) is 11.5 Å². The standard InChI is InChI=1S/C18H21N3O2S/c22-16-2-1-14(10-20-16)17(23)21(11-13-3-8-24-12-13)15-9-18(15)4-6-19-7-5-18/h1-3,8,10,12,15,19H,4-7,9,11H2,(H,20,22)/t15-/m0/s1. The summed E-state index contributed by atoms with van der Waals surface area (Å²) in [5.74, 6) is 0.0119. The number of aromatic amines is 1. The van der Waals surface area contributed by atoms with E-state index in [1.165, 1.54) is 17.8 Å². The van der Waals surface area contributed by atoms with Crippen molar-refractivity contribution < 1.29 is 4.79 Å². The Kier molecular flexibility index (Phi) is 4.02. The van der Waals surface area contributed by atoms with E-state index in [4.69, 9.17) is 0 Å². The molecule has 24 heavy (non-hydrogen) atoms. The van der Waals surface area contributed by atoms with Crippen LogP contribution in [0.15, 0.2) is 40.0 Å². The van der Waals surface area contributed by atoms with E-state index < -0.39 is 0 Å². The fourth-order valence-corrected chi connectivity index (χ4v) is 4.50. The van der Waals surface area contributed by atoms with Crippen molar-refractivity contribution >= 4 is 17.2 Å². The van der Waals surface area contributed by atoms with Crippen molar-refractivity contribution in [1.82, 2.24) is 15.2 Å². The van der Waals surface area contributed by atoms with Gasteiger partial charge in [-0.2, -0.15) is 11.3 Å². The molecule has 1 saturated carbocycles. The first-order valence-corrected chi connectivity index (χ1v) is 9.34. The predicted octanol–water partition coefficient (Wildman–Crippen LogP) is 2.22. The molecule has 1 atom stereocenters. The predicted molar refractivity (Wildman–Crippen MR) is 94.2 cm³/mol. The Morgan fingerprint density at radius 3 is 2.79 bits per heavy atom. The van der Waals surface area contributed by atoms with Gasteiger partial charge in [-0.15, -0.1) is 0 Å². The van der Waals surface area contributed by atoms with Gasteiger partial charge >= 0.3 is 0 Å². The summed E-state index contributed by atoms with van der Waals surface area (Å²) >= 11 is 1.65. The highest BCUT2D eigenvalue weighted by atomic mass is 32.1. The summed E-state index contributed by atoms with van der Waals surface area (Å²) in [5.41, 5.74) is 1.84.